The Morgan fingerprint density at radius 1 is 0.963 bits per heavy atom. The first-order valence-corrected chi connectivity index (χ1v) is 8.87. The van der Waals surface area contributed by atoms with Gasteiger partial charge in [-0.05, 0) is 72.6 Å². The molecule has 0 fully saturated rings. The number of rotatable bonds is 5. The highest BCUT2D eigenvalue weighted by molar-refractivity contribution is 6.31. The second-order valence-electron chi connectivity index (χ2n) is 6.14. The zero-order valence-electron chi connectivity index (χ0n) is 14.3. The number of hydrogen-bond donors (Lipinski definition) is 1. The van der Waals surface area contributed by atoms with Crippen molar-refractivity contribution in [1.29, 1.82) is 0 Å². The van der Waals surface area contributed by atoms with Crippen molar-refractivity contribution in [3.05, 3.63) is 99.0 Å². The molecule has 0 radical (unpaired) electrons. The van der Waals surface area contributed by atoms with Gasteiger partial charge >= 0.3 is 0 Å². The van der Waals surface area contributed by atoms with Crippen LogP contribution in [0.25, 0.3) is 0 Å². The number of carbonyl (C=O) groups excluding carboxylic acids is 1. The first-order valence-electron chi connectivity index (χ1n) is 8.12. The van der Waals surface area contributed by atoms with Crippen molar-refractivity contribution < 1.29 is 13.6 Å². The average Bonchev–Trinajstić information content (AvgIpc) is 2.61. The van der Waals surface area contributed by atoms with Crippen molar-refractivity contribution in [2.24, 2.45) is 0 Å². The maximum absolute atomic E-state index is 13.6. The predicted molar refractivity (Wildman–Crippen MR) is 105 cm³/mol. The summed E-state index contributed by atoms with van der Waals surface area (Å²) in [5.41, 5.74) is 2.33. The van der Waals surface area contributed by atoms with E-state index in [1.165, 1.54) is 42.5 Å². The summed E-state index contributed by atoms with van der Waals surface area (Å²) in [6, 6.07) is 13.8. The van der Waals surface area contributed by atoms with Crippen molar-refractivity contribution in [2.75, 3.05) is 5.32 Å². The van der Waals surface area contributed by atoms with Crippen LogP contribution in [-0.4, -0.2) is 5.78 Å². The number of anilines is 1. The molecule has 3 rings (SSSR count). The van der Waals surface area contributed by atoms with Gasteiger partial charge in [0.25, 0.3) is 0 Å². The highest BCUT2D eigenvalue weighted by atomic mass is 35.5. The van der Waals surface area contributed by atoms with Gasteiger partial charge in [0.2, 0.25) is 0 Å². The summed E-state index contributed by atoms with van der Waals surface area (Å²) >= 11 is 12.0. The van der Waals surface area contributed by atoms with Crippen LogP contribution in [0.5, 0.6) is 0 Å². The van der Waals surface area contributed by atoms with Gasteiger partial charge in [-0.3, -0.25) is 4.79 Å². The van der Waals surface area contributed by atoms with E-state index in [9.17, 15) is 13.6 Å². The Bertz CT molecular complexity index is 970. The van der Waals surface area contributed by atoms with Crippen LogP contribution < -0.4 is 5.32 Å². The van der Waals surface area contributed by atoms with E-state index in [0.717, 1.165) is 5.56 Å². The molecule has 27 heavy (non-hydrogen) atoms. The lowest BCUT2D eigenvalue weighted by molar-refractivity contribution is 0.0969. The SMILES string of the molecule is Cc1cc(Cl)cc(NC(C(=O)c2ccc(F)cc2)c2ccc(F)c(Cl)c2)c1. The summed E-state index contributed by atoms with van der Waals surface area (Å²) in [7, 11) is 0. The standard InChI is InChI=1S/C21H15Cl2F2NO/c1-12-8-15(22)11-17(9-12)26-20(14-4-7-19(25)18(23)10-14)21(27)13-2-5-16(24)6-3-13/h2-11,20,26H,1H3. The highest BCUT2D eigenvalue weighted by Gasteiger charge is 2.23. The predicted octanol–water partition coefficient (Wildman–Crippen LogP) is 6.62. The van der Waals surface area contributed by atoms with Crippen LogP contribution in [-0.2, 0) is 0 Å². The van der Waals surface area contributed by atoms with Crippen LogP contribution in [0.15, 0.2) is 60.7 Å². The lowest BCUT2D eigenvalue weighted by Crippen LogP contribution is -2.21. The van der Waals surface area contributed by atoms with E-state index in [1.54, 1.807) is 12.1 Å². The molecule has 1 N–H and O–H groups in total. The largest absolute Gasteiger partial charge is 0.371 e. The summed E-state index contributed by atoms with van der Waals surface area (Å²) in [5.74, 6) is -1.33. The normalized spacial score (nSPS) is 11.9. The minimum absolute atomic E-state index is 0.0894. The zero-order chi connectivity index (χ0) is 19.6. The molecule has 6 heteroatoms. The van der Waals surface area contributed by atoms with E-state index in [4.69, 9.17) is 23.2 Å². The number of carbonyl (C=O) groups is 1. The van der Waals surface area contributed by atoms with E-state index < -0.39 is 17.7 Å². The zero-order valence-corrected chi connectivity index (χ0v) is 15.8. The van der Waals surface area contributed by atoms with Crippen molar-refractivity contribution in [1.82, 2.24) is 0 Å². The molecule has 0 saturated carbocycles. The Kier molecular flexibility index (Phi) is 5.78. The Morgan fingerprint density at radius 2 is 1.67 bits per heavy atom. The Hall–Kier alpha value is -2.43. The minimum atomic E-state index is -0.855. The summed E-state index contributed by atoms with van der Waals surface area (Å²) < 4.78 is 26.8. The summed E-state index contributed by atoms with van der Waals surface area (Å²) in [6.45, 7) is 1.88. The molecule has 3 aromatic carbocycles. The summed E-state index contributed by atoms with van der Waals surface area (Å²) in [5, 5.41) is 3.55. The van der Waals surface area contributed by atoms with Gasteiger partial charge in [-0.15, -0.1) is 0 Å². The van der Waals surface area contributed by atoms with Crippen LogP contribution in [0, 0.1) is 18.6 Å². The lowest BCUT2D eigenvalue weighted by atomic mass is 9.96. The highest BCUT2D eigenvalue weighted by Crippen LogP contribution is 2.29. The third kappa shape index (κ3) is 4.65. The second-order valence-corrected chi connectivity index (χ2v) is 6.98. The molecule has 0 aliphatic heterocycles. The second kappa shape index (κ2) is 8.07. The Morgan fingerprint density at radius 3 is 2.30 bits per heavy atom. The van der Waals surface area contributed by atoms with Crippen LogP contribution in [0.2, 0.25) is 10.0 Å². The fraction of sp³-hybridized carbons (Fsp3) is 0.0952. The first kappa shape index (κ1) is 19.3. The van der Waals surface area contributed by atoms with E-state index in [-0.39, 0.29) is 10.8 Å². The molecule has 1 unspecified atom stereocenters. The Labute approximate surface area is 165 Å². The quantitative estimate of drug-likeness (QED) is 0.483. The fourth-order valence-electron chi connectivity index (χ4n) is 2.76. The van der Waals surface area contributed by atoms with E-state index in [2.05, 4.69) is 5.32 Å². The molecule has 0 aliphatic rings. The Balaban J connectivity index is 2.03. The van der Waals surface area contributed by atoms with Gasteiger partial charge in [0.15, 0.2) is 5.78 Å². The topological polar surface area (TPSA) is 29.1 Å². The molecule has 0 aliphatic carbocycles. The number of benzene rings is 3. The number of nitrogens with one attached hydrogen (secondary N) is 1. The van der Waals surface area contributed by atoms with Crippen LogP contribution in [0.4, 0.5) is 14.5 Å². The average molecular weight is 406 g/mol. The molecule has 0 aromatic heterocycles. The summed E-state index contributed by atoms with van der Waals surface area (Å²) in [6.07, 6.45) is 0. The summed E-state index contributed by atoms with van der Waals surface area (Å²) in [4.78, 5) is 13.1. The van der Waals surface area contributed by atoms with Gasteiger partial charge < -0.3 is 5.32 Å². The number of Topliss-reactive ketones (excluding diaryl/α,β-unsaturated/α-hetero) is 1. The van der Waals surface area contributed by atoms with Gasteiger partial charge in [0.1, 0.15) is 17.7 Å². The van der Waals surface area contributed by atoms with Gasteiger partial charge in [0, 0.05) is 16.3 Å². The van der Waals surface area contributed by atoms with E-state index >= 15 is 0 Å². The molecule has 0 spiro atoms. The molecule has 2 nitrogen and oxygen atoms in total. The van der Waals surface area contributed by atoms with Crippen LogP contribution in [0.3, 0.4) is 0 Å². The third-order valence-corrected chi connectivity index (χ3v) is 4.53. The number of halogens is 4. The molecule has 3 aromatic rings. The molecule has 0 saturated heterocycles. The molecule has 0 heterocycles. The van der Waals surface area contributed by atoms with E-state index in [1.807, 2.05) is 13.0 Å². The minimum Gasteiger partial charge on any atom is -0.371 e. The number of aryl methyl sites for hydroxylation is 1. The molecule has 1 atom stereocenters. The van der Waals surface area contributed by atoms with Gasteiger partial charge in [-0.1, -0.05) is 29.3 Å². The third-order valence-electron chi connectivity index (χ3n) is 4.02. The van der Waals surface area contributed by atoms with Crippen molar-refractivity contribution in [3.8, 4) is 0 Å². The first-order chi connectivity index (χ1) is 12.8. The lowest BCUT2D eigenvalue weighted by Gasteiger charge is -2.20. The van der Waals surface area contributed by atoms with Gasteiger partial charge in [0.05, 0.1) is 5.02 Å². The molecule has 138 valence electrons. The number of ketones is 1. The number of hydrogen-bond acceptors (Lipinski definition) is 2. The monoisotopic (exact) mass is 405 g/mol. The maximum atomic E-state index is 13.6. The molecule has 0 bridgehead atoms. The van der Waals surface area contributed by atoms with E-state index in [0.29, 0.717) is 21.8 Å². The van der Waals surface area contributed by atoms with Crippen molar-refractivity contribution in [3.63, 3.8) is 0 Å². The maximum Gasteiger partial charge on any atom is 0.189 e. The molecular weight excluding hydrogens is 391 g/mol. The molecule has 0 amide bonds. The van der Waals surface area contributed by atoms with Crippen molar-refractivity contribution in [2.45, 2.75) is 13.0 Å². The fourth-order valence-corrected chi connectivity index (χ4v) is 3.24. The van der Waals surface area contributed by atoms with Crippen molar-refractivity contribution >= 4 is 34.7 Å². The van der Waals surface area contributed by atoms with Gasteiger partial charge in [-0.25, -0.2) is 8.78 Å². The van der Waals surface area contributed by atoms with Crippen LogP contribution >= 0.6 is 23.2 Å². The van der Waals surface area contributed by atoms with Gasteiger partial charge in [-0.2, -0.15) is 0 Å². The molecular formula is C21H15Cl2F2NO. The van der Waals surface area contributed by atoms with Crippen LogP contribution in [0.1, 0.15) is 27.5 Å². The smallest absolute Gasteiger partial charge is 0.189 e.